The van der Waals surface area contributed by atoms with E-state index in [0.717, 1.165) is 16.1 Å². The highest BCUT2D eigenvalue weighted by Gasteiger charge is 2.14. The highest BCUT2D eigenvalue weighted by Crippen LogP contribution is 2.27. The summed E-state index contributed by atoms with van der Waals surface area (Å²) < 4.78 is 5.25. The zero-order valence-electron chi connectivity index (χ0n) is 9.62. The van der Waals surface area contributed by atoms with Gasteiger partial charge in [0.15, 0.2) is 0 Å². The van der Waals surface area contributed by atoms with Crippen LogP contribution in [0.25, 0.3) is 22.2 Å². The van der Waals surface area contributed by atoms with Crippen molar-refractivity contribution >= 4 is 17.0 Å². The van der Waals surface area contributed by atoms with Gasteiger partial charge in [0.1, 0.15) is 4.88 Å². The summed E-state index contributed by atoms with van der Waals surface area (Å²) in [5, 5.41) is 3.97. The van der Waals surface area contributed by atoms with Gasteiger partial charge in [-0.25, -0.2) is 4.98 Å². The zero-order valence-corrected chi connectivity index (χ0v) is 10.4. The molecule has 0 bridgehead atoms. The van der Waals surface area contributed by atoms with Crippen LogP contribution in [0.15, 0.2) is 34.3 Å². The third-order valence-corrected chi connectivity index (χ3v) is 3.45. The van der Waals surface area contributed by atoms with Gasteiger partial charge in [0.2, 0.25) is 5.82 Å². The summed E-state index contributed by atoms with van der Waals surface area (Å²) in [4.78, 5) is 9.43. The Labute approximate surface area is 107 Å². The molecular formula is C12H10N4OS. The van der Waals surface area contributed by atoms with Crippen molar-refractivity contribution in [3.8, 4) is 22.2 Å². The van der Waals surface area contributed by atoms with E-state index in [4.69, 9.17) is 10.3 Å². The summed E-state index contributed by atoms with van der Waals surface area (Å²) in [6.45, 7) is 1.92. The SMILES string of the molecule is Cc1ncsc1-c1nc(-c2ccc(N)cc2)no1. The molecule has 0 spiro atoms. The molecule has 2 N–H and O–H groups in total. The van der Waals surface area contributed by atoms with Gasteiger partial charge in [0.05, 0.1) is 11.2 Å². The van der Waals surface area contributed by atoms with Crippen LogP contribution < -0.4 is 5.73 Å². The minimum absolute atomic E-state index is 0.502. The van der Waals surface area contributed by atoms with Gasteiger partial charge in [-0.2, -0.15) is 4.98 Å². The fraction of sp³-hybridized carbons (Fsp3) is 0.0833. The van der Waals surface area contributed by atoms with Gasteiger partial charge >= 0.3 is 0 Å². The summed E-state index contributed by atoms with van der Waals surface area (Å²) in [6.07, 6.45) is 0. The lowest BCUT2D eigenvalue weighted by Gasteiger charge is -1.94. The van der Waals surface area contributed by atoms with E-state index in [-0.39, 0.29) is 0 Å². The van der Waals surface area contributed by atoms with Gasteiger partial charge in [-0.05, 0) is 31.2 Å². The molecule has 1 aromatic carbocycles. The molecule has 0 atom stereocenters. The fourth-order valence-electron chi connectivity index (χ4n) is 1.57. The van der Waals surface area contributed by atoms with Gasteiger partial charge < -0.3 is 10.3 Å². The van der Waals surface area contributed by atoms with Crippen molar-refractivity contribution in [1.29, 1.82) is 0 Å². The van der Waals surface area contributed by atoms with Gasteiger partial charge in [-0.3, -0.25) is 0 Å². The molecule has 6 heteroatoms. The number of benzene rings is 1. The molecule has 2 heterocycles. The summed E-state index contributed by atoms with van der Waals surface area (Å²) >= 11 is 1.49. The van der Waals surface area contributed by atoms with Gasteiger partial charge in [-0.1, -0.05) is 5.16 Å². The third kappa shape index (κ3) is 1.86. The predicted octanol–water partition coefficient (Wildman–Crippen LogP) is 2.75. The van der Waals surface area contributed by atoms with Crippen molar-refractivity contribution in [1.82, 2.24) is 15.1 Å². The first-order valence-electron chi connectivity index (χ1n) is 5.34. The highest BCUT2D eigenvalue weighted by atomic mass is 32.1. The average Bonchev–Trinajstić information content (AvgIpc) is 2.98. The van der Waals surface area contributed by atoms with Crippen LogP contribution in [0.2, 0.25) is 0 Å². The van der Waals surface area contributed by atoms with Crippen LogP contribution in [-0.4, -0.2) is 15.1 Å². The average molecular weight is 258 g/mol. The van der Waals surface area contributed by atoms with Crippen LogP contribution in [-0.2, 0) is 0 Å². The van der Waals surface area contributed by atoms with Gasteiger partial charge in [-0.15, -0.1) is 11.3 Å². The fourth-order valence-corrected chi connectivity index (χ4v) is 2.30. The van der Waals surface area contributed by atoms with Crippen LogP contribution in [0.5, 0.6) is 0 Å². The molecule has 0 aliphatic rings. The normalized spacial score (nSPS) is 10.7. The first-order chi connectivity index (χ1) is 8.74. The summed E-state index contributed by atoms with van der Waals surface area (Å²) in [5.74, 6) is 1.06. The minimum Gasteiger partial charge on any atom is -0.399 e. The Morgan fingerprint density at radius 3 is 2.67 bits per heavy atom. The maximum absolute atomic E-state index is 5.64. The Balaban J connectivity index is 1.99. The van der Waals surface area contributed by atoms with E-state index in [2.05, 4.69) is 15.1 Å². The zero-order chi connectivity index (χ0) is 12.5. The third-order valence-electron chi connectivity index (χ3n) is 2.53. The maximum atomic E-state index is 5.64. The van der Waals surface area contributed by atoms with Crippen LogP contribution in [0.3, 0.4) is 0 Å². The first kappa shape index (κ1) is 10.9. The molecule has 0 saturated heterocycles. The molecule has 0 unspecified atom stereocenters. The number of nitrogens with two attached hydrogens (primary N) is 1. The molecule has 3 rings (SSSR count). The number of aromatic nitrogens is 3. The molecule has 2 aromatic heterocycles. The summed E-state index contributed by atoms with van der Waals surface area (Å²) in [6, 6.07) is 7.35. The summed E-state index contributed by atoms with van der Waals surface area (Å²) in [5.41, 5.74) is 9.88. The van der Waals surface area contributed by atoms with E-state index in [0.29, 0.717) is 17.4 Å². The number of rotatable bonds is 2. The molecule has 0 fully saturated rings. The minimum atomic E-state index is 0.502. The molecule has 0 radical (unpaired) electrons. The van der Waals surface area contributed by atoms with E-state index in [9.17, 15) is 0 Å². The molecule has 0 saturated carbocycles. The number of thiazole rings is 1. The van der Waals surface area contributed by atoms with Crippen LogP contribution in [0.4, 0.5) is 5.69 Å². The second-order valence-electron chi connectivity index (χ2n) is 3.81. The monoisotopic (exact) mass is 258 g/mol. The Morgan fingerprint density at radius 2 is 2.00 bits per heavy atom. The molecule has 0 amide bonds. The van der Waals surface area contributed by atoms with Crippen molar-refractivity contribution in [2.45, 2.75) is 6.92 Å². The van der Waals surface area contributed by atoms with Gasteiger partial charge in [0, 0.05) is 11.3 Å². The lowest BCUT2D eigenvalue weighted by molar-refractivity contribution is 0.433. The number of nitrogens with zero attached hydrogens (tertiary/aromatic N) is 3. The molecule has 18 heavy (non-hydrogen) atoms. The lowest BCUT2D eigenvalue weighted by Crippen LogP contribution is -1.85. The number of aryl methyl sites for hydroxylation is 1. The molecule has 0 aliphatic carbocycles. The van der Waals surface area contributed by atoms with Crippen molar-refractivity contribution in [3.63, 3.8) is 0 Å². The Kier molecular flexibility index (Phi) is 2.56. The molecular weight excluding hydrogens is 248 g/mol. The smallest absolute Gasteiger partial charge is 0.270 e. The number of nitrogen functional groups attached to an aromatic ring is 1. The number of hydrogen-bond acceptors (Lipinski definition) is 6. The summed E-state index contributed by atoms with van der Waals surface area (Å²) in [7, 11) is 0. The first-order valence-corrected chi connectivity index (χ1v) is 6.22. The largest absolute Gasteiger partial charge is 0.399 e. The number of anilines is 1. The standard InChI is InChI=1S/C12H10N4OS/c1-7-10(18-6-14-7)12-15-11(16-17-12)8-2-4-9(13)5-3-8/h2-6H,13H2,1H3. The second kappa shape index (κ2) is 4.23. The molecule has 3 aromatic rings. The van der Waals surface area contributed by atoms with E-state index in [1.54, 1.807) is 5.51 Å². The Bertz CT molecular complexity index is 671. The van der Waals surface area contributed by atoms with Crippen molar-refractivity contribution in [2.75, 3.05) is 5.73 Å². The maximum Gasteiger partial charge on any atom is 0.270 e. The quantitative estimate of drug-likeness (QED) is 0.715. The van der Waals surface area contributed by atoms with Gasteiger partial charge in [0.25, 0.3) is 5.89 Å². The van der Waals surface area contributed by atoms with E-state index in [1.807, 2.05) is 31.2 Å². The van der Waals surface area contributed by atoms with Crippen molar-refractivity contribution < 1.29 is 4.52 Å². The predicted molar refractivity (Wildman–Crippen MR) is 70.0 cm³/mol. The molecule has 5 nitrogen and oxygen atoms in total. The number of hydrogen-bond donors (Lipinski definition) is 1. The van der Waals surface area contributed by atoms with Crippen LogP contribution >= 0.6 is 11.3 Å². The van der Waals surface area contributed by atoms with E-state index in [1.165, 1.54) is 11.3 Å². The van der Waals surface area contributed by atoms with Crippen LogP contribution in [0.1, 0.15) is 5.69 Å². The lowest BCUT2D eigenvalue weighted by atomic mass is 10.2. The Hall–Kier alpha value is -2.21. The van der Waals surface area contributed by atoms with Crippen molar-refractivity contribution in [2.24, 2.45) is 0 Å². The van der Waals surface area contributed by atoms with E-state index >= 15 is 0 Å². The topological polar surface area (TPSA) is 77.8 Å². The van der Waals surface area contributed by atoms with Crippen LogP contribution in [0, 0.1) is 6.92 Å². The second-order valence-corrected chi connectivity index (χ2v) is 4.67. The van der Waals surface area contributed by atoms with Crippen molar-refractivity contribution in [3.05, 3.63) is 35.5 Å². The highest BCUT2D eigenvalue weighted by molar-refractivity contribution is 7.13. The molecule has 90 valence electrons. The molecule has 0 aliphatic heterocycles. The Morgan fingerprint density at radius 1 is 1.22 bits per heavy atom. The van der Waals surface area contributed by atoms with E-state index < -0.39 is 0 Å².